The molecule has 0 saturated heterocycles. The Bertz CT molecular complexity index is 848. The van der Waals surface area contributed by atoms with E-state index in [0.29, 0.717) is 17.3 Å². The van der Waals surface area contributed by atoms with E-state index in [1.807, 2.05) is 24.3 Å². The maximum absolute atomic E-state index is 11.9. The van der Waals surface area contributed by atoms with Gasteiger partial charge in [-0.3, -0.25) is 0 Å². The van der Waals surface area contributed by atoms with Crippen LogP contribution in [0.3, 0.4) is 0 Å². The topological polar surface area (TPSA) is 50.4 Å². The second-order valence-corrected chi connectivity index (χ2v) is 8.34. The third-order valence-electron chi connectivity index (χ3n) is 5.38. The van der Waals surface area contributed by atoms with Gasteiger partial charge < -0.3 is 15.4 Å². The third-order valence-corrected chi connectivity index (χ3v) is 5.83. The summed E-state index contributed by atoms with van der Waals surface area (Å²) < 4.78 is 5.07. The monoisotopic (exact) mass is 430 g/mol. The number of benzene rings is 2. The predicted octanol–water partition coefficient (Wildman–Crippen LogP) is 5.75. The van der Waals surface area contributed by atoms with Gasteiger partial charge in [-0.25, -0.2) is 4.79 Å². The summed E-state index contributed by atoms with van der Waals surface area (Å²) in [5.74, 6) is -0.328. The van der Waals surface area contributed by atoms with E-state index in [1.165, 1.54) is 18.4 Å². The van der Waals surface area contributed by atoms with E-state index in [0.717, 1.165) is 36.4 Å². The van der Waals surface area contributed by atoms with Crippen molar-refractivity contribution in [2.24, 2.45) is 0 Å². The van der Waals surface area contributed by atoms with Gasteiger partial charge in [-0.2, -0.15) is 0 Å². The molecule has 1 fully saturated rings. The highest BCUT2D eigenvalue weighted by Crippen LogP contribution is 2.34. The van der Waals surface area contributed by atoms with Gasteiger partial charge in [0.1, 0.15) is 0 Å². The van der Waals surface area contributed by atoms with E-state index < -0.39 is 0 Å². The molecule has 29 heavy (non-hydrogen) atoms. The van der Waals surface area contributed by atoms with Crippen molar-refractivity contribution in [3.8, 4) is 0 Å². The van der Waals surface area contributed by atoms with Crippen LogP contribution in [0, 0.1) is 0 Å². The van der Waals surface area contributed by atoms with E-state index >= 15 is 0 Å². The van der Waals surface area contributed by atoms with Crippen molar-refractivity contribution in [2.75, 3.05) is 11.9 Å². The lowest BCUT2D eigenvalue weighted by Crippen LogP contribution is -2.48. The van der Waals surface area contributed by atoms with E-state index in [-0.39, 0.29) is 11.5 Å². The van der Waals surface area contributed by atoms with Crippen LogP contribution in [0.1, 0.15) is 54.9 Å². The van der Waals surface area contributed by atoms with Crippen molar-refractivity contribution in [1.82, 2.24) is 5.32 Å². The van der Waals surface area contributed by atoms with Crippen molar-refractivity contribution < 1.29 is 9.53 Å². The normalized spacial score (nSPS) is 15.0. The van der Waals surface area contributed by atoms with E-state index in [4.69, 9.17) is 28.6 Å². The van der Waals surface area contributed by atoms with Crippen LogP contribution in [-0.4, -0.2) is 23.2 Å². The van der Waals surface area contributed by atoms with Crippen molar-refractivity contribution in [2.45, 2.75) is 51.0 Å². The van der Waals surface area contributed by atoms with Crippen LogP contribution in [0.25, 0.3) is 0 Å². The molecule has 0 atom stereocenters. The smallest absolute Gasteiger partial charge is 0.338 e. The Balaban J connectivity index is 1.61. The molecule has 0 unspecified atom stereocenters. The fourth-order valence-electron chi connectivity index (χ4n) is 3.87. The van der Waals surface area contributed by atoms with Gasteiger partial charge in [-0.15, -0.1) is 0 Å². The largest absolute Gasteiger partial charge is 0.462 e. The van der Waals surface area contributed by atoms with Gasteiger partial charge in [0.25, 0.3) is 0 Å². The lowest BCUT2D eigenvalue weighted by atomic mass is 9.89. The SMILES string of the molecule is CCOC(=O)c1cccc(NC(=S)NC2(CCc3ccc(Cl)cc3)CCCC2)c1. The summed E-state index contributed by atoms with van der Waals surface area (Å²) in [5, 5.41) is 8.16. The minimum Gasteiger partial charge on any atom is -0.462 e. The number of carbonyl (C=O) groups is 1. The molecule has 1 aliphatic carbocycles. The molecule has 0 heterocycles. The Morgan fingerprint density at radius 3 is 2.59 bits per heavy atom. The van der Waals surface area contributed by atoms with Crippen LogP contribution in [-0.2, 0) is 11.2 Å². The summed E-state index contributed by atoms with van der Waals surface area (Å²) in [6.07, 6.45) is 6.60. The fraction of sp³-hybridized carbons (Fsp3) is 0.391. The quantitative estimate of drug-likeness (QED) is 0.432. The first-order chi connectivity index (χ1) is 14.0. The van der Waals surface area contributed by atoms with Gasteiger partial charge in [0.2, 0.25) is 0 Å². The van der Waals surface area contributed by atoms with Gasteiger partial charge >= 0.3 is 5.97 Å². The van der Waals surface area contributed by atoms with E-state index in [9.17, 15) is 4.79 Å². The second kappa shape index (κ2) is 10.1. The zero-order valence-corrected chi connectivity index (χ0v) is 18.2. The van der Waals surface area contributed by atoms with Crippen LogP contribution in [0.5, 0.6) is 0 Å². The molecule has 2 aromatic rings. The Hall–Kier alpha value is -2.11. The van der Waals surface area contributed by atoms with Crippen molar-refractivity contribution in [1.29, 1.82) is 0 Å². The molecule has 154 valence electrons. The molecule has 1 aliphatic rings. The van der Waals surface area contributed by atoms with Crippen LogP contribution < -0.4 is 10.6 Å². The molecule has 0 spiro atoms. The first-order valence-corrected chi connectivity index (χ1v) is 10.9. The molecular formula is C23H27ClN2O2S. The molecule has 0 amide bonds. The molecule has 0 aliphatic heterocycles. The van der Waals surface area contributed by atoms with Crippen LogP contribution in [0.15, 0.2) is 48.5 Å². The number of anilines is 1. The maximum Gasteiger partial charge on any atom is 0.338 e. The van der Waals surface area contributed by atoms with Crippen molar-refractivity contribution >= 4 is 40.6 Å². The second-order valence-electron chi connectivity index (χ2n) is 7.49. The summed E-state index contributed by atoms with van der Waals surface area (Å²) in [6, 6.07) is 15.3. The summed E-state index contributed by atoms with van der Waals surface area (Å²) >= 11 is 11.6. The predicted molar refractivity (Wildman–Crippen MR) is 123 cm³/mol. The molecule has 1 saturated carbocycles. The summed E-state index contributed by atoms with van der Waals surface area (Å²) in [7, 11) is 0. The number of esters is 1. The number of ether oxygens (including phenoxy) is 1. The van der Waals surface area contributed by atoms with Crippen LogP contribution in [0.2, 0.25) is 5.02 Å². The number of nitrogens with one attached hydrogen (secondary N) is 2. The van der Waals surface area contributed by atoms with Gasteiger partial charge in [0.15, 0.2) is 5.11 Å². The number of hydrogen-bond donors (Lipinski definition) is 2. The Labute approximate surface area is 183 Å². The van der Waals surface area contributed by atoms with Crippen LogP contribution >= 0.6 is 23.8 Å². The summed E-state index contributed by atoms with van der Waals surface area (Å²) in [4.78, 5) is 11.9. The lowest BCUT2D eigenvalue weighted by Gasteiger charge is -2.32. The highest BCUT2D eigenvalue weighted by molar-refractivity contribution is 7.80. The molecule has 4 nitrogen and oxygen atoms in total. The van der Waals surface area contributed by atoms with Crippen LogP contribution in [0.4, 0.5) is 5.69 Å². The minimum atomic E-state index is -0.328. The molecule has 6 heteroatoms. The standard InChI is InChI=1S/C23H27ClN2O2S/c1-2-28-21(27)18-6-5-7-20(16-18)25-22(29)26-23(13-3-4-14-23)15-12-17-8-10-19(24)11-9-17/h5-11,16H,2-4,12-15H2,1H3,(H2,25,26,29). The molecule has 0 aromatic heterocycles. The zero-order chi connectivity index (χ0) is 20.7. The summed E-state index contributed by atoms with van der Waals surface area (Å²) in [5.41, 5.74) is 2.57. The molecule has 0 bridgehead atoms. The number of thiocarbonyl (C=S) groups is 1. The number of rotatable bonds is 7. The molecular weight excluding hydrogens is 404 g/mol. The minimum absolute atomic E-state index is 0.00245. The molecule has 2 N–H and O–H groups in total. The number of aryl methyl sites for hydroxylation is 1. The first kappa shape index (κ1) is 21.6. The highest BCUT2D eigenvalue weighted by atomic mass is 35.5. The summed E-state index contributed by atoms with van der Waals surface area (Å²) in [6.45, 7) is 2.15. The van der Waals surface area contributed by atoms with E-state index in [1.54, 1.807) is 19.1 Å². The Morgan fingerprint density at radius 1 is 1.17 bits per heavy atom. The Kier molecular flexibility index (Phi) is 7.51. The van der Waals surface area contributed by atoms with Crippen molar-refractivity contribution in [3.05, 3.63) is 64.7 Å². The molecule has 2 aromatic carbocycles. The molecule has 0 radical (unpaired) electrons. The number of hydrogen-bond acceptors (Lipinski definition) is 3. The van der Waals surface area contributed by atoms with Gasteiger partial charge in [0, 0.05) is 16.2 Å². The molecule has 3 rings (SSSR count). The van der Waals surface area contributed by atoms with Crippen molar-refractivity contribution in [3.63, 3.8) is 0 Å². The fourth-order valence-corrected chi connectivity index (χ4v) is 4.33. The zero-order valence-electron chi connectivity index (χ0n) is 16.7. The van der Waals surface area contributed by atoms with Gasteiger partial charge in [-0.05, 0) is 80.7 Å². The Morgan fingerprint density at radius 2 is 1.90 bits per heavy atom. The van der Waals surface area contributed by atoms with Gasteiger partial charge in [-0.1, -0.05) is 42.6 Å². The average Bonchev–Trinajstić information content (AvgIpc) is 3.16. The third kappa shape index (κ3) is 6.18. The van der Waals surface area contributed by atoms with E-state index in [2.05, 4.69) is 22.8 Å². The number of carbonyl (C=O) groups excluding carboxylic acids is 1. The highest BCUT2D eigenvalue weighted by Gasteiger charge is 2.34. The maximum atomic E-state index is 11.9. The number of halogens is 1. The lowest BCUT2D eigenvalue weighted by molar-refractivity contribution is 0.0526. The first-order valence-electron chi connectivity index (χ1n) is 10.1. The average molecular weight is 431 g/mol. The van der Waals surface area contributed by atoms with Gasteiger partial charge in [0.05, 0.1) is 12.2 Å².